The molecule has 4 rings (SSSR count). The van der Waals surface area contributed by atoms with Crippen LogP contribution in [0.1, 0.15) is 23.9 Å². The van der Waals surface area contributed by atoms with E-state index in [9.17, 15) is 9.18 Å². The molecular formula is C20H19FN4O3S. The molecule has 2 unspecified atom stereocenters. The minimum Gasteiger partial charge on any atom is -0.497 e. The number of benzene rings is 2. The molecule has 1 saturated heterocycles. The minimum absolute atomic E-state index is 0.0694. The van der Waals surface area contributed by atoms with Gasteiger partial charge in [-0.2, -0.15) is 4.98 Å². The van der Waals surface area contributed by atoms with Gasteiger partial charge in [-0.1, -0.05) is 17.3 Å². The number of aromatic nitrogens is 2. The SMILES string of the molecule is COc1ccc(-c2noc(CSC3NC(=O)CC(c4ccc(F)cc4)N3)n2)cc1. The maximum Gasteiger partial charge on any atom is 0.237 e. The van der Waals surface area contributed by atoms with Crippen molar-refractivity contribution in [3.05, 3.63) is 65.8 Å². The third kappa shape index (κ3) is 4.75. The number of rotatable bonds is 6. The number of nitrogens with zero attached hydrogens (tertiary/aromatic N) is 2. The second-order valence-electron chi connectivity index (χ2n) is 6.47. The lowest BCUT2D eigenvalue weighted by Gasteiger charge is -2.31. The molecule has 2 atom stereocenters. The summed E-state index contributed by atoms with van der Waals surface area (Å²) in [4.78, 5) is 16.5. The summed E-state index contributed by atoms with van der Waals surface area (Å²) in [6.45, 7) is 0. The number of methoxy groups -OCH3 is 1. The zero-order valence-electron chi connectivity index (χ0n) is 15.6. The number of hydrogen-bond acceptors (Lipinski definition) is 7. The molecule has 1 fully saturated rings. The normalized spacial score (nSPS) is 19.0. The van der Waals surface area contributed by atoms with Crippen LogP contribution in [-0.2, 0) is 10.5 Å². The summed E-state index contributed by atoms with van der Waals surface area (Å²) < 4.78 is 23.6. The van der Waals surface area contributed by atoms with E-state index in [4.69, 9.17) is 9.26 Å². The topological polar surface area (TPSA) is 89.3 Å². The van der Waals surface area contributed by atoms with Crippen molar-refractivity contribution in [2.24, 2.45) is 0 Å². The first-order valence-corrected chi connectivity index (χ1v) is 10.0. The summed E-state index contributed by atoms with van der Waals surface area (Å²) in [5, 5.41) is 10.2. The summed E-state index contributed by atoms with van der Waals surface area (Å²) in [5.41, 5.74) is 1.38. The van der Waals surface area contributed by atoms with Gasteiger partial charge in [-0.3, -0.25) is 10.1 Å². The van der Waals surface area contributed by atoms with Gasteiger partial charge in [0.05, 0.1) is 12.9 Å². The van der Waals surface area contributed by atoms with E-state index in [1.165, 1.54) is 23.9 Å². The maximum atomic E-state index is 13.1. The van der Waals surface area contributed by atoms with Gasteiger partial charge in [0.1, 0.15) is 17.1 Å². The predicted molar refractivity (Wildman–Crippen MR) is 106 cm³/mol. The molecule has 1 aliphatic heterocycles. The van der Waals surface area contributed by atoms with Gasteiger partial charge in [0.25, 0.3) is 0 Å². The van der Waals surface area contributed by atoms with Crippen LogP contribution in [0.5, 0.6) is 5.75 Å². The number of nitrogens with one attached hydrogen (secondary N) is 2. The molecule has 0 radical (unpaired) electrons. The van der Waals surface area contributed by atoms with Gasteiger partial charge in [0.2, 0.25) is 17.6 Å². The summed E-state index contributed by atoms with van der Waals surface area (Å²) >= 11 is 1.44. The van der Waals surface area contributed by atoms with Gasteiger partial charge in [-0.25, -0.2) is 4.39 Å². The van der Waals surface area contributed by atoms with E-state index in [0.717, 1.165) is 16.9 Å². The number of halogens is 1. The first-order valence-electron chi connectivity index (χ1n) is 9.00. The monoisotopic (exact) mass is 414 g/mol. The Bertz CT molecular complexity index is 978. The van der Waals surface area contributed by atoms with Gasteiger partial charge in [0.15, 0.2) is 0 Å². The van der Waals surface area contributed by atoms with E-state index >= 15 is 0 Å². The molecule has 0 bridgehead atoms. The van der Waals surface area contributed by atoms with Crippen LogP contribution >= 0.6 is 11.8 Å². The van der Waals surface area contributed by atoms with Crippen molar-refractivity contribution in [2.75, 3.05) is 7.11 Å². The van der Waals surface area contributed by atoms with Crippen LogP contribution < -0.4 is 15.4 Å². The Balaban J connectivity index is 1.37. The van der Waals surface area contributed by atoms with Crippen LogP contribution in [0, 0.1) is 5.82 Å². The zero-order valence-corrected chi connectivity index (χ0v) is 16.4. The Morgan fingerprint density at radius 1 is 1.21 bits per heavy atom. The Hall–Kier alpha value is -2.91. The van der Waals surface area contributed by atoms with E-state index in [-0.39, 0.29) is 23.3 Å². The lowest BCUT2D eigenvalue weighted by Crippen LogP contribution is -2.50. The molecular weight excluding hydrogens is 395 g/mol. The van der Waals surface area contributed by atoms with Gasteiger partial charge in [-0.15, -0.1) is 11.8 Å². The summed E-state index contributed by atoms with van der Waals surface area (Å²) in [6.07, 6.45) is 0.296. The van der Waals surface area contributed by atoms with Gasteiger partial charge in [0, 0.05) is 18.0 Å². The van der Waals surface area contributed by atoms with Crippen molar-refractivity contribution in [1.82, 2.24) is 20.8 Å². The molecule has 9 heteroatoms. The first-order chi connectivity index (χ1) is 14.1. The third-order valence-corrected chi connectivity index (χ3v) is 5.50. The largest absolute Gasteiger partial charge is 0.497 e. The highest BCUT2D eigenvalue weighted by molar-refractivity contribution is 7.99. The van der Waals surface area contributed by atoms with E-state index in [0.29, 0.717) is 23.9 Å². The highest BCUT2D eigenvalue weighted by Gasteiger charge is 2.27. The quantitative estimate of drug-likeness (QED) is 0.640. The summed E-state index contributed by atoms with van der Waals surface area (Å²) in [7, 11) is 1.61. The van der Waals surface area contributed by atoms with Crippen LogP contribution in [0.2, 0.25) is 0 Å². The highest BCUT2D eigenvalue weighted by atomic mass is 32.2. The molecule has 2 N–H and O–H groups in total. The average Bonchev–Trinajstić information content (AvgIpc) is 3.21. The van der Waals surface area contributed by atoms with Gasteiger partial charge >= 0.3 is 0 Å². The third-order valence-electron chi connectivity index (χ3n) is 4.50. The van der Waals surface area contributed by atoms with Gasteiger partial charge < -0.3 is 14.6 Å². The van der Waals surface area contributed by atoms with Gasteiger partial charge in [-0.05, 0) is 42.0 Å². The summed E-state index contributed by atoms with van der Waals surface area (Å²) in [5.74, 6) is 1.76. The fourth-order valence-electron chi connectivity index (χ4n) is 3.00. The highest BCUT2D eigenvalue weighted by Crippen LogP contribution is 2.26. The average molecular weight is 414 g/mol. The number of hydrogen-bond donors (Lipinski definition) is 2. The second-order valence-corrected chi connectivity index (χ2v) is 7.57. The van der Waals surface area contributed by atoms with E-state index in [1.54, 1.807) is 19.2 Å². The zero-order chi connectivity index (χ0) is 20.2. The number of carbonyl (C=O) groups excluding carboxylic acids is 1. The molecule has 1 amide bonds. The number of amides is 1. The first kappa shape index (κ1) is 19.4. The fourth-order valence-corrected chi connectivity index (χ4v) is 3.90. The van der Waals surface area contributed by atoms with Crippen molar-refractivity contribution >= 4 is 17.7 Å². The molecule has 0 aliphatic carbocycles. The smallest absolute Gasteiger partial charge is 0.237 e. The second kappa shape index (κ2) is 8.62. The molecule has 29 heavy (non-hydrogen) atoms. The lowest BCUT2D eigenvalue weighted by atomic mass is 10.0. The number of carbonyl (C=O) groups is 1. The Kier molecular flexibility index (Phi) is 5.77. The molecule has 3 aromatic rings. The van der Waals surface area contributed by atoms with Crippen molar-refractivity contribution in [2.45, 2.75) is 23.7 Å². The van der Waals surface area contributed by atoms with Crippen molar-refractivity contribution in [1.29, 1.82) is 0 Å². The van der Waals surface area contributed by atoms with E-state index in [1.807, 2.05) is 24.3 Å². The van der Waals surface area contributed by atoms with Crippen molar-refractivity contribution in [3.63, 3.8) is 0 Å². The van der Waals surface area contributed by atoms with E-state index in [2.05, 4.69) is 20.8 Å². The van der Waals surface area contributed by atoms with Crippen LogP contribution in [-0.4, -0.2) is 28.7 Å². The predicted octanol–water partition coefficient (Wildman–Crippen LogP) is 3.25. The lowest BCUT2D eigenvalue weighted by molar-refractivity contribution is -0.123. The minimum atomic E-state index is -0.317. The Morgan fingerprint density at radius 2 is 1.97 bits per heavy atom. The van der Waals surface area contributed by atoms with Crippen LogP contribution in [0.15, 0.2) is 53.1 Å². The molecule has 150 valence electrons. The van der Waals surface area contributed by atoms with Crippen LogP contribution in [0.25, 0.3) is 11.4 Å². The molecule has 2 aromatic carbocycles. The maximum absolute atomic E-state index is 13.1. The molecule has 0 spiro atoms. The van der Waals surface area contributed by atoms with Crippen molar-refractivity contribution < 1.29 is 18.4 Å². The number of thioether (sulfide) groups is 1. The Morgan fingerprint density at radius 3 is 2.69 bits per heavy atom. The van der Waals surface area contributed by atoms with E-state index < -0.39 is 0 Å². The molecule has 2 heterocycles. The van der Waals surface area contributed by atoms with Crippen LogP contribution in [0.3, 0.4) is 0 Å². The molecule has 7 nitrogen and oxygen atoms in total. The van der Waals surface area contributed by atoms with Crippen LogP contribution in [0.4, 0.5) is 4.39 Å². The Labute approximate surface area is 171 Å². The molecule has 1 aromatic heterocycles. The molecule has 0 saturated carbocycles. The molecule has 1 aliphatic rings. The standard InChI is InChI=1S/C20H19FN4O3S/c1-27-15-8-4-13(5-9-15)19-24-18(28-25-19)11-29-20-22-16(10-17(26)23-20)12-2-6-14(21)7-3-12/h2-9,16,20,22H,10-11H2,1H3,(H,23,26). The number of ether oxygens (including phenoxy) is 1. The van der Waals surface area contributed by atoms with Crippen molar-refractivity contribution in [3.8, 4) is 17.1 Å². The fraction of sp³-hybridized carbons (Fsp3) is 0.250. The summed E-state index contributed by atoms with van der Waals surface area (Å²) in [6, 6.07) is 13.4.